The molecule has 8 heteroatoms. The smallest absolute Gasteiger partial charge is 0.407 e. The van der Waals surface area contributed by atoms with Crippen LogP contribution < -0.4 is 10.1 Å². The number of amides is 1. The van der Waals surface area contributed by atoms with Gasteiger partial charge in [-0.3, -0.25) is 9.78 Å². The van der Waals surface area contributed by atoms with Crippen molar-refractivity contribution in [2.45, 2.75) is 13.5 Å². The molecule has 0 radical (unpaired) electrons. The molecule has 0 saturated heterocycles. The number of benzene rings is 1. The van der Waals surface area contributed by atoms with Crippen LogP contribution in [-0.4, -0.2) is 45.8 Å². The van der Waals surface area contributed by atoms with Gasteiger partial charge in [0.05, 0.1) is 24.9 Å². The van der Waals surface area contributed by atoms with Gasteiger partial charge in [0.25, 0.3) is 0 Å². The quantitative estimate of drug-likeness (QED) is 0.654. The van der Waals surface area contributed by atoms with Gasteiger partial charge in [-0.15, -0.1) is 0 Å². The second-order valence-electron chi connectivity index (χ2n) is 6.20. The number of hydrogen-bond acceptors (Lipinski definition) is 5. The number of nitrogens with zero attached hydrogens (tertiary/aromatic N) is 3. The van der Waals surface area contributed by atoms with Crippen LogP contribution in [0, 0.1) is 5.92 Å². The average molecular weight is 341 g/mol. The first-order chi connectivity index (χ1) is 12.2. The monoisotopic (exact) mass is 341 g/mol. The van der Waals surface area contributed by atoms with Gasteiger partial charge in [0.1, 0.15) is 18.1 Å². The second-order valence-corrected chi connectivity index (χ2v) is 6.20. The van der Waals surface area contributed by atoms with E-state index in [-0.39, 0.29) is 12.5 Å². The topological polar surface area (TPSA) is 94.1 Å². The number of aromatic nitrogens is 4. The van der Waals surface area contributed by atoms with Gasteiger partial charge in [-0.05, 0) is 18.2 Å². The summed E-state index contributed by atoms with van der Waals surface area (Å²) in [4.78, 5) is 11.7. The summed E-state index contributed by atoms with van der Waals surface area (Å²) in [6, 6.07) is 5.84. The van der Waals surface area contributed by atoms with E-state index in [1.54, 1.807) is 10.9 Å². The molecule has 1 aliphatic heterocycles. The van der Waals surface area contributed by atoms with Crippen molar-refractivity contribution >= 4 is 17.0 Å². The lowest BCUT2D eigenvalue weighted by Crippen LogP contribution is -2.31. The van der Waals surface area contributed by atoms with Gasteiger partial charge >= 0.3 is 6.09 Å². The maximum atomic E-state index is 11.7. The Morgan fingerprint density at radius 3 is 3.16 bits per heavy atom. The van der Waals surface area contributed by atoms with Crippen molar-refractivity contribution in [3.8, 4) is 17.0 Å². The number of nitrogens with one attached hydrogen (secondary N) is 2. The zero-order valence-corrected chi connectivity index (χ0v) is 13.9. The molecule has 0 spiro atoms. The lowest BCUT2D eigenvalue weighted by molar-refractivity contribution is 0.137. The van der Waals surface area contributed by atoms with E-state index in [1.807, 2.05) is 31.3 Å². The van der Waals surface area contributed by atoms with Gasteiger partial charge in [-0.25, -0.2) is 4.79 Å². The summed E-state index contributed by atoms with van der Waals surface area (Å²) in [6.45, 7) is 3.74. The normalized spacial score (nSPS) is 18.6. The molecule has 4 rings (SSSR count). The predicted molar refractivity (Wildman–Crippen MR) is 91.3 cm³/mol. The maximum absolute atomic E-state index is 11.7. The fourth-order valence-corrected chi connectivity index (χ4v) is 2.75. The van der Waals surface area contributed by atoms with Crippen LogP contribution in [0.25, 0.3) is 22.2 Å². The third kappa shape index (κ3) is 3.28. The van der Waals surface area contributed by atoms with Crippen molar-refractivity contribution in [3.63, 3.8) is 0 Å². The zero-order chi connectivity index (χ0) is 17.2. The number of carbonyl (C=O) groups excluding carboxylic acids is 1. The number of carbonyl (C=O) groups is 1. The molecule has 1 amide bonds. The van der Waals surface area contributed by atoms with Crippen LogP contribution in [0.5, 0.6) is 5.75 Å². The average Bonchev–Trinajstić information content (AvgIpc) is 3.23. The van der Waals surface area contributed by atoms with Crippen molar-refractivity contribution in [2.24, 2.45) is 5.92 Å². The Bertz CT molecular complexity index is 901. The molecule has 25 heavy (non-hydrogen) atoms. The molecule has 1 aromatic carbocycles. The number of alkyl carbamates (subject to hydrolysis) is 1. The Morgan fingerprint density at radius 1 is 1.32 bits per heavy atom. The second kappa shape index (κ2) is 6.46. The van der Waals surface area contributed by atoms with E-state index in [4.69, 9.17) is 9.47 Å². The highest BCUT2D eigenvalue weighted by Gasteiger charge is 2.13. The molecule has 130 valence electrons. The van der Waals surface area contributed by atoms with Crippen LogP contribution in [0.15, 0.2) is 30.6 Å². The molecule has 3 heterocycles. The van der Waals surface area contributed by atoms with Crippen LogP contribution in [0.2, 0.25) is 0 Å². The van der Waals surface area contributed by atoms with Crippen LogP contribution >= 0.6 is 0 Å². The Kier molecular flexibility index (Phi) is 4.01. The van der Waals surface area contributed by atoms with Crippen LogP contribution in [-0.2, 0) is 11.3 Å². The van der Waals surface area contributed by atoms with Crippen molar-refractivity contribution in [1.29, 1.82) is 0 Å². The lowest BCUT2D eigenvalue weighted by Gasteiger charge is -2.14. The number of hydrogen-bond donors (Lipinski definition) is 2. The van der Waals surface area contributed by atoms with Crippen LogP contribution in [0.1, 0.15) is 6.92 Å². The largest absolute Gasteiger partial charge is 0.493 e. The highest BCUT2D eigenvalue weighted by Crippen LogP contribution is 2.29. The SMILES string of the molecule is CC1CNC(=O)OCCn2cc(cn2)-c2n[nH]c3ccc(cc23)OC1. The number of cyclic esters (lactones) is 1. The molecule has 8 nitrogen and oxygen atoms in total. The summed E-state index contributed by atoms with van der Waals surface area (Å²) < 4.78 is 12.8. The van der Waals surface area contributed by atoms with Crippen molar-refractivity contribution in [3.05, 3.63) is 30.6 Å². The summed E-state index contributed by atoms with van der Waals surface area (Å²) in [5.41, 5.74) is 2.67. The first-order valence-electron chi connectivity index (χ1n) is 8.23. The molecule has 1 unspecified atom stereocenters. The number of fused-ring (bicyclic) bond motifs is 4. The number of aromatic amines is 1. The lowest BCUT2D eigenvalue weighted by atomic mass is 10.1. The van der Waals surface area contributed by atoms with E-state index in [0.717, 1.165) is 27.9 Å². The minimum Gasteiger partial charge on any atom is -0.493 e. The molecular weight excluding hydrogens is 322 g/mol. The van der Waals surface area contributed by atoms with Gasteiger partial charge in [0.15, 0.2) is 0 Å². The molecule has 4 bridgehead atoms. The zero-order valence-electron chi connectivity index (χ0n) is 13.9. The highest BCUT2D eigenvalue weighted by molar-refractivity contribution is 5.93. The first-order valence-corrected chi connectivity index (χ1v) is 8.23. The summed E-state index contributed by atoms with van der Waals surface area (Å²) in [6.07, 6.45) is 3.21. The van der Waals surface area contributed by atoms with Gasteiger partial charge in [-0.1, -0.05) is 6.92 Å². The molecule has 0 saturated carbocycles. The van der Waals surface area contributed by atoms with E-state index in [2.05, 4.69) is 20.6 Å². The fourth-order valence-electron chi connectivity index (χ4n) is 2.75. The Hall–Kier alpha value is -3.03. The Labute approximate surface area is 144 Å². The molecule has 0 fully saturated rings. The van der Waals surface area contributed by atoms with Crippen LogP contribution in [0.4, 0.5) is 4.79 Å². The van der Waals surface area contributed by atoms with Crippen molar-refractivity contribution in [2.75, 3.05) is 19.8 Å². The third-order valence-corrected chi connectivity index (χ3v) is 4.12. The minimum absolute atomic E-state index is 0.158. The molecule has 3 aromatic rings. The molecule has 1 aliphatic rings. The predicted octanol–water partition coefficient (Wildman–Crippen LogP) is 2.18. The van der Waals surface area contributed by atoms with Crippen molar-refractivity contribution < 1.29 is 14.3 Å². The Balaban J connectivity index is 1.69. The highest BCUT2D eigenvalue weighted by atomic mass is 16.5. The fraction of sp³-hybridized carbons (Fsp3) is 0.353. The summed E-state index contributed by atoms with van der Waals surface area (Å²) >= 11 is 0. The summed E-state index contributed by atoms with van der Waals surface area (Å²) in [5.74, 6) is 0.926. The van der Waals surface area contributed by atoms with E-state index >= 15 is 0 Å². The van der Waals surface area contributed by atoms with E-state index in [0.29, 0.717) is 19.7 Å². The van der Waals surface area contributed by atoms with E-state index < -0.39 is 6.09 Å². The van der Waals surface area contributed by atoms with E-state index in [1.165, 1.54) is 0 Å². The van der Waals surface area contributed by atoms with Crippen molar-refractivity contribution in [1.82, 2.24) is 25.3 Å². The third-order valence-electron chi connectivity index (χ3n) is 4.12. The molecule has 2 N–H and O–H groups in total. The van der Waals surface area contributed by atoms with Gasteiger partial charge < -0.3 is 14.8 Å². The summed E-state index contributed by atoms with van der Waals surface area (Å²) in [5, 5.41) is 15.5. The number of ether oxygens (including phenoxy) is 2. The summed E-state index contributed by atoms with van der Waals surface area (Å²) in [7, 11) is 0. The first kappa shape index (κ1) is 15.5. The van der Waals surface area contributed by atoms with Gasteiger partial charge in [0.2, 0.25) is 0 Å². The maximum Gasteiger partial charge on any atom is 0.407 e. The molecule has 1 atom stereocenters. The minimum atomic E-state index is -0.428. The number of H-pyrrole nitrogens is 1. The standard InChI is InChI=1S/C17H19N5O3/c1-11-7-18-17(23)24-5-4-22-9-12(8-19-22)16-14-6-13(25-10-11)2-3-15(14)20-21-16/h2-3,6,8-9,11H,4-5,7,10H2,1H3,(H,18,23)(H,20,21). The van der Waals surface area contributed by atoms with Gasteiger partial charge in [-0.2, -0.15) is 10.2 Å². The molecule has 2 aromatic heterocycles. The van der Waals surface area contributed by atoms with Gasteiger partial charge in [0, 0.05) is 29.6 Å². The van der Waals surface area contributed by atoms with E-state index in [9.17, 15) is 4.79 Å². The molecule has 0 aliphatic carbocycles. The Morgan fingerprint density at radius 2 is 2.24 bits per heavy atom. The van der Waals surface area contributed by atoms with Crippen LogP contribution in [0.3, 0.4) is 0 Å². The number of rotatable bonds is 0. The molecular formula is C17H19N5O3.